The first-order chi connectivity index (χ1) is 13.7. The van der Waals surface area contributed by atoms with Crippen molar-refractivity contribution >= 4 is 11.6 Å². The van der Waals surface area contributed by atoms with Crippen molar-refractivity contribution in [3.05, 3.63) is 66.2 Å². The minimum atomic E-state index is -0.422. The number of aliphatic hydroxyl groups is 1. The maximum Gasteiger partial charge on any atom is 0.241 e. The van der Waals surface area contributed by atoms with Crippen molar-refractivity contribution in [1.29, 1.82) is 0 Å². The van der Waals surface area contributed by atoms with Crippen LogP contribution in [0.3, 0.4) is 0 Å². The third-order valence-corrected chi connectivity index (χ3v) is 5.94. The first-order valence-electron chi connectivity index (χ1n) is 10.2. The molecule has 2 N–H and O–H groups in total. The van der Waals surface area contributed by atoms with Crippen LogP contribution in [0.2, 0.25) is 0 Å². The van der Waals surface area contributed by atoms with Gasteiger partial charge in [-0.2, -0.15) is 0 Å². The number of amides is 1. The fraction of sp³-hybridized carbons (Fsp3) is 0.435. The zero-order valence-corrected chi connectivity index (χ0v) is 16.2. The zero-order valence-electron chi connectivity index (χ0n) is 16.2. The van der Waals surface area contributed by atoms with E-state index in [4.69, 9.17) is 0 Å². The van der Waals surface area contributed by atoms with Crippen molar-refractivity contribution in [2.75, 3.05) is 25.0 Å². The molecular formula is C23H29N3O2. The van der Waals surface area contributed by atoms with Gasteiger partial charge in [-0.05, 0) is 50.0 Å². The Kier molecular flexibility index (Phi) is 6.05. The van der Waals surface area contributed by atoms with Crippen LogP contribution >= 0.6 is 0 Å². The van der Waals surface area contributed by atoms with Gasteiger partial charge in [0.2, 0.25) is 5.91 Å². The molecule has 2 heterocycles. The Labute approximate surface area is 167 Å². The second kappa shape index (κ2) is 8.86. The molecule has 1 amide bonds. The monoisotopic (exact) mass is 379 g/mol. The van der Waals surface area contributed by atoms with Crippen molar-refractivity contribution < 1.29 is 9.90 Å². The Balaban J connectivity index is 1.34. The van der Waals surface area contributed by atoms with Crippen LogP contribution < -0.4 is 5.32 Å². The molecule has 2 atom stereocenters. The number of nitrogens with one attached hydrogen (secondary N) is 1. The molecule has 2 aromatic carbocycles. The number of rotatable bonds is 5. The second-order valence-corrected chi connectivity index (χ2v) is 7.95. The van der Waals surface area contributed by atoms with Gasteiger partial charge < -0.3 is 10.4 Å². The highest BCUT2D eigenvalue weighted by Crippen LogP contribution is 2.27. The smallest absolute Gasteiger partial charge is 0.241 e. The molecule has 148 valence electrons. The molecule has 0 saturated carbocycles. The molecule has 28 heavy (non-hydrogen) atoms. The Morgan fingerprint density at radius 1 is 1.00 bits per heavy atom. The summed E-state index contributed by atoms with van der Waals surface area (Å²) >= 11 is 0. The Hall–Kier alpha value is -2.21. The maximum atomic E-state index is 12.8. The SMILES string of the molecule is O=C(Nc1ccccc1)[C@@H]1C[C@@H](O)CN1C1CCN(Cc2ccccc2)CC1. The van der Waals surface area contributed by atoms with E-state index in [9.17, 15) is 9.90 Å². The van der Waals surface area contributed by atoms with Crippen molar-refractivity contribution in [3.8, 4) is 0 Å². The number of piperidine rings is 1. The highest BCUT2D eigenvalue weighted by Gasteiger charge is 2.40. The van der Waals surface area contributed by atoms with Gasteiger partial charge in [0.25, 0.3) is 0 Å². The average Bonchev–Trinajstić information content (AvgIpc) is 3.12. The van der Waals surface area contributed by atoms with Crippen LogP contribution in [0.4, 0.5) is 5.69 Å². The average molecular weight is 380 g/mol. The van der Waals surface area contributed by atoms with E-state index < -0.39 is 6.10 Å². The molecule has 5 heteroatoms. The molecule has 0 radical (unpaired) electrons. The number of benzene rings is 2. The van der Waals surface area contributed by atoms with Gasteiger partial charge in [0.05, 0.1) is 12.1 Å². The largest absolute Gasteiger partial charge is 0.392 e. The van der Waals surface area contributed by atoms with Crippen LogP contribution in [0.15, 0.2) is 60.7 Å². The van der Waals surface area contributed by atoms with E-state index in [1.54, 1.807) is 0 Å². The molecule has 0 aromatic heterocycles. The number of hydrogen-bond acceptors (Lipinski definition) is 4. The van der Waals surface area contributed by atoms with Crippen LogP contribution in [0.5, 0.6) is 0 Å². The van der Waals surface area contributed by atoms with Crippen molar-refractivity contribution in [2.24, 2.45) is 0 Å². The first-order valence-corrected chi connectivity index (χ1v) is 10.2. The number of nitrogens with zero attached hydrogens (tertiary/aromatic N) is 2. The lowest BCUT2D eigenvalue weighted by Crippen LogP contribution is -2.50. The maximum absolute atomic E-state index is 12.8. The lowest BCUT2D eigenvalue weighted by Gasteiger charge is -2.38. The molecule has 2 saturated heterocycles. The summed E-state index contributed by atoms with van der Waals surface area (Å²) in [6, 6.07) is 20.2. The highest BCUT2D eigenvalue weighted by molar-refractivity contribution is 5.95. The van der Waals surface area contributed by atoms with Gasteiger partial charge in [-0.3, -0.25) is 14.6 Å². The van der Waals surface area contributed by atoms with E-state index in [2.05, 4.69) is 45.4 Å². The van der Waals surface area contributed by atoms with Crippen molar-refractivity contribution in [1.82, 2.24) is 9.80 Å². The van der Waals surface area contributed by atoms with Crippen LogP contribution in [0, 0.1) is 0 Å². The van der Waals surface area contributed by atoms with Gasteiger partial charge in [0, 0.05) is 24.8 Å². The van der Waals surface area contributed by atoms with Gasteiger partial charge >= 0.3 is 0 Å². The third kappa shape index (κ3) is 4.61. The van der Waals surface area contributed by atoms with Crippen LogP contribution in [0.1, 0.15) is 24.8 Å². The lowest BCUT2D eigenvalue weighted by molar-refractivity contribution is -0.121. The Morgan fingerprint density at radius 2 is 1.64 bits per heavy atom. The van der Waals surface area contributed by atoms with Crippen LogP contribution in [-0.2, 0) is 11.3 Å². The summed E-state index contributed by atoms with van der Waals surface area (Å²) in [4.78, 5) is 17.6. The van der Waals surface area contributed by atoms with Crippen LogP contribution in [-0.4, -0.2) is 58.6 Å². The lowest BCUT2D eigenvalue weighted by atomic mass is 10.0. The number of carbonyl (C=O) groups is 1. The summed E-state index contributed by atoms with van der Waals surface area (Å²) in [6.45, 7) is 3.63. The minimum absolute atomic E-state index is 0.00512. The Bertz CT molecular complexity index is 760. The number of β-amino-alcohol motifs (C(OH)–C–C–N with tert-alkyl or cyclic N) is 1. The normalized spacial score (nSPS) is 24.3. The summed E-state index contributed by atoms with van der Waals surface area (Å²) in [6.07, 6.45) is 2.17. The summed E-state index contributed by atoms with van der Waals surface area (Å²) in [7, 11) is 0. The molecular weight excluding hydrogens is 350 g/mol. The van der Waals surface area contributed by atoms with Gasteiger partial charge in [-0.25, -0.2) is 0 Å². The number of anilines is 1. The minimum Gasteiger partial charge on any atom is -0.392 e. The number of para-hydroxylation sites is 1. The van der Waals surface area contributed by atoms with Gasteiger partial charge in [0.1, 0.15) is 0 Å². The van der Waals surface area contributed by atoms with Gasteiger partial charge in [-0.1, -0.05) is 48.5 Å². The summed E-state index contributed by atoms with van der Waals surface area (Å²) in [5, 5.41) is 13.2. The van der Waals surface area contributed by atoms with Crippen LogP contribution in [0.25, 0.3) is 0 Å². The summed E-state index contributed by atoms with van der Waals surface area (Å²) in [5.41, 5.74) is 2.16. The first kappa shape index (κ1) is 19.1. The van der Waals surface area contributed by atoms with E-state index in [0.717, 1.165) is 38.2 Å². The van der Waals surface area contributed by atoms with Gasteiger partial charge in [0.15, 0.2) is 0 Å². The summed E-state index contributed by atoms with van der Waals surface area (Å²) < 4.78 is 0. The molecule has 2 fully saturated rings. The van der Waals surface area contributed by atoms with E-state index in [0.29, 0.717) is 19.0 Å². The Morgan fingerprint density at radius 3 is 2.32 bits per heavy atom. The van der Waals surface area contributed by atoms with E-state index in [1.807, 2.05) is 30.3 Å². The zero-order chi connectivity index (χ0) is 19.3. The number of aliphatic hydroxyl groups excluding tert-OH is 1. The molecule has 0 unspecified atom stereocenters. The standard InChI is InChI=1S/C23H29N3O2/c27-21-15-22(23(28)24-19-9-5-2-6-10-19)26(17-21)20-11-13-25(14-12-20)16-18-7-3-1-4-8-18/h1-10,20-22,27H,11-17H2,(H,24,28)/t21-,22+/m1/s1. The van der Waals surface area contributed by atoms with E-state index in [-0.39, 0.29) is 11.9 Å². The van der Waals surface area contributed by atoms with E-state index >= 15 is 0 Å². The highest BCUT2D eigenvalue weighted by atomic mass is 16.3. The van der Waals surface area contributed by atoms with Gasteiger partial charge in [-0.15, -0.1) is 0 Å². The fourth-order valence-electron chi connectivity index (χ4n) is 4.50. The number of carbonyl (C=O) groups excluding carboxylic acids is 1. The quantitative estimate of drug-likeness (QED) is 0.839. The summed E-state index contributed by atoms with van der Waals surface area (Å²) in [5.74, 6) is -0.00512. The molecule has 5 nitrogen and oxygen atoms in total. The predicted molar refractivity (Wildman–Crippen MR) is 111 cm³/mol. The van der Waals surface area contributed by atoms with E-state index in [1.165, 1.54) is 5.56 Å². The number of hydrogen-bond donors (Lipinski definition) is 2. The molecule has 0 aliphatic carbocycles. The van der Waals surface area contributed by atoms with Crippen molar-refractivity contribution in [2.45, 2.75) is 44.0 Å². The molecule has 0 bridgehead atoms. The third-order valence-electron chi connectivity index (χ3n) is 5.94. The predicted octanol–water partition coefficient (Wildman–Crippen LogP) is 2.72. The molecule has 2 aromatic rings. The molecule has 0 spiro atoms. The van der Waals surface area contributed by atoms with Crippen molar-refractivity contribution in [3.63, 3.8) is 0 Å². The topological polar surface area (TPSA) is 55.8 Å². The molecule has 2 aliphatic rings. The molecule has 2 aliphatic heterocycles. The second-order valence-electron chi connectivity index (χ2n) is 7.95. The fourth-order valence-corrected chi connectivity index (χ4v) is 4.50. The number of likely N-dealkylation sites (tertiary alicyclic amines) is 2. The molecule has 4 rings (SSSR count).